The minimum absolute atomic E-state index is 0.223. The van der Waals surface area contributed by atoms with Gasteiger partial charge in [0.05, 0.1) is 0 Å². The number of aryl methyl sites for hydroxylation is 2. The summed E-state index contributed by atoms with van der Waals surface area (Å²) in [5.41, 5.74) is 7.97. The first-order valence-corrected chi connectivity index (χ1v) is 5.70. The highest BCUT2D eigenvalue weighted by atomic mass is 32.1. The summed E-state index contributed by atoms with van der Waals surface area (Å²) in [6.07, 6.45) is 0. The second-order valence-corrected chi connectivity index (χ2v) is 4.17. The predicted molar refractivity (Wildman–Crippen MR) is 74.9 cm³/mol. The molecule has 0 fully saturated rings. The monoisotopic (exact) mass is 262 g/mol. The number of hydrogen-bond acceptors (Lipinski definition) is 2. The normalized spacial score (nSPS) is 9.17. The number of benzene rings is 1. The van der Waals surface area contributed by atoms with Gasteiger partial charge in [0.25, 0.3) is 6.54 Å². The van der Waals surface area contributed by atoms with Crippen molar-refractivity contribution in [3.63, 3.8) is 0 Å². The van der Waals surface area contributed by atoms with E-state index in [1.165, 1.54) is 5.56 Å². The average molecular weight is 262 g/mol. The second-order valence-electron chi connectivity index (χ2n) is 3.76. The number of hydrazine groups is 1. The highest BCUT2D eigenvalue weighted by Gasteiger charge is 2.05. The maximum Gasteiger partial charge on any atom is 0.318 e. The minimum Gasteiger partial charge on any atom is -0.331 e. The zero-order valence-corrected chi connectivity index (χ0v) is 11.0. The maximum atomic E-state index is 11.0. The molecule has 5 nitrogen and oxygen atoms in total. The number of thiocarbonyl (C=S) groups is 1. The van der Waals surface area contributed by atoms with Crippen LogP contribution < -0.4 is 16.2 Å². The first kappa shape index (κ1) is 13.9. The predicted octanol–water partition coefficient (Wildman–Crippen LogP) is 1.54. The van der Waals surface area contributed by atoms with Gasteiger partial charge < -0.3 is 10.2 Å². The van der Waals surface area contributed by atoms with E-state index in [0.717, 1.165) is 11.3 Å². The molecule has 94 valence electrons. The van der Waals surface area contributed by atoms with E-state index in [1.54, 1.807) is 0 Å². The number of hydrogen-bond donors (Lipinski definition) is 3. The van der Waals surface area contributed by atoms with Crippen LogP contribution in [-0.2, 0) is 4.79 Å². The quantitative estimate of drug-likeness (QED) is 0.430. The van der Waals surface area contributed by atoms with E-state index >= 15 is 0 Å². The molecule has 1 aromatic carbocycles. The van der Waals surface area contributed by atoms with Gasteiger partial charge in [-0.1, -0.05) is 17.7 Å². The summed E-state index contributed by atoms with van der Waals surface area (Å²) in [5.74, 6) is -0.422. The van der Waals surface area contributed by atoms with Crippen molar-refractivity contribution in [1.82, 2.24) is 10.9 Å². The van der Waals surface area contributed by atoms with Crippen molar-refractivity contribution in [3.05, 3.63) is 40.7 Å². The molecular formula is C12H14N4OS. The van der Waals surface area contributed by atoms with E-state index in [0.29, 0.717) is 0 Å². The molecular weight excluding hydrogens is 248 g/mol. The Morgan fingerprint density at radius 3 is 2.72 bits per heavy atom. The van der Waals surface area contributed by atoms with Crippen LogP contribution in [0.5, 0.6) is 0 Å². The fourth-order valence-electron chi connectivity index (χ4n) is 1.35. The lowest BCUT2D eigenvalue weighted by Crippen LogP contribution is -2.44. The van der Waals surface area contributed by atoms with Gasteiger partial charge in [-0.3, -0.25) is 15.6 Å². The number of nitrogens with zero attached hydrogens (tertiary/aromatic N) is 1. The molecule has 3 N–H and O–H groups in total. The van der Waals surface area contributed by atoms with Crippen LogP contribution in [0.15, 0.2) is 18.2 Å². The summed E-state index contributed by atoms with van der Waals surface area (Å²) in [6, 6.07) is 5.91. The molecule has 0 radical (unpaired) electrons. The third-order valence-corrected chi connectivity index (χ3v) is 2.37. The first-order chi connectivity index (χ1) is 8.52. The Kier molecular flexibility index (Phi) is 5.08. The van der Waals surface area contributed by atoms with E-state index in [-0.39, 0.29) is 11.7 Å². The Morgan fingerprint density at radius 2 is 2.11 bits per heavy atom. The molecule has 0 bridgehead atoms. The standard InChI is InChI=1S/C12H14N4OS/c1-8-4-5-10(9(2)6-8)14-12(18)16-15-11(17)7-13-3/h4-6H,7H2,1-2H3,(H,15,17)(H2,14,16,18). The molecule has 0 aliphatic heterocycles. The van der Waals surface area contributed by atoms with Crippen LogP contribution in [-0.4, -0.2) is 17.6 Å². The van der Waals surface area contributed by atoms with Crippen LogP contribution in [0.4, 0.5) is 5.69 Å². The molecule has 0 saturated carbocycles. The van der Waals surface area contributed by atoms with Crippen LogP contribution >= 0.6 is 12.2 Å². The summed E-state index contributed by atoms with van der Waals surface area (Å²) >= 11 is 5.02. The first-order valence-electron chi connectivity index (χ1n) is 5.29. The number of carbonyl (C=O) groups is 1. The zero-order chi connectivity index (χ0) is 13.5. The molecule has 6 heteroatoms. The number of carbonyl (C=O) groups excluding carboxylic acids is 1. The van der Waals surface area contributed by atoms with Crippen molar-refractivity contribution < 1.29 is 4.79 Å². The third kappa shape index (κ3) is 4.39. The molecule has 0 spiro atoms. The molecule has 0 aliphatic rings. The molecule has 18 heavy (non-hydrogen) atoms. The molecule has 1 amide bonds. The van der Waals surface area contributed by atoms with Crippen molar-refractivity contribution in [2.24, 2.45) is 0 Å². The molecule has 0 saturated heterocycles. The van der Waals surface area contributed by atoms with E-state index in [4.69, 9.17) is 18.8 Å². The summed E-state index contributed by atoms with van der Waals surface area (Å²) in [4.78, 5) is 14.0. The van der Waals surface area contributed by atoms with Gasteiger partial charge in [0.2, 0.25) is 0 Å². The average Bonchev–Trinajstić information content (AvgIpc) is 2.31. The van der Waals surface area contributed by atoms with E-state index < -0.39 is 5.91 Å². The lowest BCUT2D eigenvalue weighted by atomic mass is 10.1. The maximum absolute atomic E-state index is 11.0. The largest absolute Gasteiger partial charge is 0.331 e. The van der Waals surface area contributed by atoms with Gasteiger partial charge in [-0.2, -0.15) is 0 Å². The van der Waals surface area contributed by atoms with Gasteiger partial charge in [-0.05, 0) is 37.7 Å². The smallest absolute Gasteiger partial charge is 0.318 e. The highest BCUT2D eigenvalue weighted by molar-refractivity contribution is 7.80. The molecule has 0 heterocycles. The van der Waals surface area contributed by atoms with Crippen molar-refractivity contribution in [1.29, 1.82) is 0 Å². The van der Waals surface area contributed by atoms with E-state index in [9.17, 15) is 4.79 Å². The fourth-order valence-corrected chi connectivity index (χ4v) is 1.51. The topological polar surface area (TPSA) is 57.5 Å². The van der Waals surface area contributed by atoms with Gasteiger partial charge in [-0.15, -0.1) is 0 Å². The summed E-state index contributed by atoms with van der Waals surface area (Å²) in [6.45, 7) is 10.3. The SMILES string of the molecule is [C-]#[N+]CC(=O)NNC(=S)Nc1ccc(C)cc1C. The van der Waals surface area contributed by atoms with Crippen molar-refractivity contribution in [2.75, 3.05) is 11.9 Å². The van der Waals surface area contributed by atoms with Gasteiger partial charge >= 0.3 is 5.91 Å². The summed E-state index contributed by atoms with van der Waals surface area (Å²) in [7, 11) is 0. The van der Waals surface area contributed by atoms with Gasteiger partial charge in [-0.25, -0.2) is 6.57 Å². The van der Waals surface area contributed by atoms with Crippen LogP contribution in [0.3, 0.4) is 0 Å². The van der Waals surface area contributed by atoms with Gasteiger partial charge in [0.15, 0.2) is 5.11 Å². The number of anilines is 1. The van der Waals surface area contributed by atoms with Gasteiger partial charge in [0.1, 0.15) is 0 Å². The highest BCUT2D eigenvalue weighted by Crippen LogP contribution is 2.15. The Balaban J connectivity index is 2.50. The van der Waals surface area contributed by atoms with Gasteiger partial charge in [0, 0.05) is 5.69 Å². The number of rotatable bonds is 2. The number of amides is 1. The minimum atomic E-state index is -0.422. The van der Waals surface area contributed by atoms with Crippen molar-refractivity contribution >= 4 is 28.9 Å². The summed E-state index contributed by atoms with van der Waals surface area (Å²) in [5, 5.41) is 3.24. The van der Waals surface area contributed by atoms with Crippen LogP contribution in [0.1, 0.15) is 11.1 Å². The van der Waals surface area contributed by atoms with Crippen molar-refractivity contribution in [2.45, 2.75) is 13.8 Å². The van der Waals surface area contributed by atoms with Crippen molar-refractivity contribution in [3.8, 4) is 0 Å². The molecule has 0 atom stereocenters. The molecule has 0 aromatic heterocycles. The third-order valence-electron chi connectivity index (χ3n) is 2.17. The molecule has 1 rings (SSSR count). The Labute approximate surface area is 111 Å². The van der Waals surface area contributed by atoms with Crippen LogP contribution in [0.25, 0.3) is 4.85 Å². The van der Waals surface area contributed by atoms with Crippen LogP contribution in [0.2, 0.25) is 0 Å². The Hall–Kier alpha value is -2.13. The summed E-state index contributed by atoms with van der Waals surface area (Å²) < 4.78 is 0. The molecule has 0 aliphatic carbocycles. The Bertz CT molecular complexity index is 507. The molecule has 1 aromatic rings. The number of nitrogens with one attached hydrogen (secondary N) is 3. The zero-order valence-electron chi connectivity index (χ0n) is 10.2. The second kappa shape index (κ2) is 6.57. The lowest BCUT2D eigenvalue weighted by Gasteiger charge is -2.12. The Morgan fingerprint density at radius 1 is 1.39 bits per heavy atom. The van der Waals surface area contributed by atoms with E-state index in [1.807, 2.05) is 32.0 Å². The molecule has 0 unspecified atom stereocenters. The fraction of sp³-hybridized carbons (Fsp3) is 0.250. The lowest BCUT2D eigenvalue weighted by molar-refractivity contribution is -0.119. The van der Waals surface area contributed by atoms with E-state index in [2.05, 4.69) is 21.0 Å². The van der Waals surface area contributed by atoms with Crippen LogP contribution in [0, 0.1) is 20.4 Å².